The molecule has 0 saturated carbocycles. The van der Waals surface area contributed by atoms with Crippen LogP contribution in [0.1, 0.15) is 21.5 Å². The molecule has 1 N–H and O–H groups in total. The van der Waals surface area contributed by atoms with Gasteiger partial charge in [0, 0.05) is 11.3 Å². The normalized spacial score (nSPS) is 10.8. The summed E-state index contributed by atoms with van der Waals surface area (Å²) in [5.74, 6) is 0.121. The van der Waals surface area contributed by atoms with E-state index in [1.54, 1.807) is 55.6 Å². The summed E-state index contributed by atoms with van der Waals surface area (Å²) < 4.78 is 34.2. The molecule has 180 valence electrons. The molecule has 36 heavy (non-hydrogen) atoms. The summed E-state index contributed by atoms with van der Waals surface area (Å²) in [6.07, 6.45) is 0. The highest BCUT2D eigenvalue weighted by Gasteiger charge is 2.26. The number of nitrogens with zero attached hydrogens (tertiary/aromatic N) is 2. The van der Waals surface area contributed by atoms with E-state index < -0.39 is 15.9 Å². The zero-order valence-electron chi connectivity index (χ0n) is 19.5. The van der Waals surface area contributed by atoms with Crippen LogP contribution in [0, 0.1) is 11.3 Å². The van der Waals surface area contributed by atoms with Crippen molar-refractivity contribution in [2.45, 2.75) is 11.4 Å². The topological polar surface area (TPSA) is 99.5 Å². The zero-order valence-corrected chi connectivity index (χ0v) is 20.3. The third-order valence-corrected chi connectivity index (χ3v) is 7.23. The number of amides is 1. The van der Waals surface area contributed by atoms with E-state index in [2.05, 4.69) is 5.32 Å². The van der Waals surface area contributed by atoms with Crippen LogP contribution in [0.4, 0.5) is 11.4 Å². The molecule has 0 aliphatic rings. The van der Waals surface area contributed by atoms with Gasteiger partial charge in [-0.3, -0.25) is 9.10 Å². The number of nitriles is 1. The average molecular weight is 498 g/mol. The SMILES string of the molecule is COc1ccc(N(Cc2ccccc2)S(=O)(=O)c2cccc(C(=O)Nc3cccc(C#N)c3)c2)cc1. The van der Waals surface area contributed by atoms with Gasteiger partial charge in [0.1, 0.15) is 5.75 Å². The summed E-state index contributed by atoms with van der Waals surface area (Å²) in [6, 6.07) is 30.4. The fourth-order valence-electron chi connectivity index (χ4n) is 3.61. The van der Waals surface area contributed by atoms with Crippen molar-refractivity contribution in [3.05, 3.63) is 120 Å². The lowest BCUT2D eigenvalue weighted by molar-refractivity contribution is 0.102. The van der Waals surface area contributed by atoms with Gasteiger partial charge >= 0.3 is 0 Å². The second-order valence-electron chi connectivity index (χ2n) is 7.87. The molecule has 0 aromatic heterocycles. The Morgan fingerprint density at radius 2 is 1.64 bits per heavy atom. The number of ether oxygens (including phenoxy) is 1. The van der Waals surface area contributed by atoms with Gasteiger partial charge < -0.3 is 10.1 Å². The van der Waals surface area contributed by atoms with Crippen molar-refractivity contribution in [2.24, 2.45) is 0 Å². The Labute approximate surface area is 210 Å². The molecule has 4 aromatic rings. The summed E-state index contributed by atoms with van der Waals surface area (Å²) >= 11 is 0. The lowest BCUT2D eigenvalue weighted by Gasteiger charge is -2.25. The van der Waals surface area contributed by atoms with E-state index in [4.69, 9.17) is 10.00 Å². The van der Waals surface area contributed by atoms with Crippen molar-refractivity contribution in [3.63, 3.8) is 0 Å². The van der Waals surface area contributed by atoms with E-state index in [0.29, 0.717) is 22.7 Å². The second-order valence-corrected chi connectivity index (χ2v) is 9.73. The number of carbonyl (C=O) groups excluding carboxylic acids is 1. The molecule has 0 heterocycles. The first-order valence-electron chi connectivity index (χ1n) is 11.0. The van der Waals surface area contributed by atoms with Gasteiger partial charge in [-0.05, 0) is 66.2 Å². The highest BCUT2D eigenvalue weighted by Crippen LogP contribution is 2.28. The number of hydrogen-bond donors (Lipinski definition) is 1. The van der Waals surface area contributed by atoms with Gasteiger partial charge in [-0.15, -0.1) is 0 Å². The smallest absolute Gasteiger partial charge is 0.264 e. The molecular weight excluding hydrogens is 474 g/mol. The fourth-order valence-corrected chi connectivity index (χ4v) is 5.11. The maximum Gasteiger partial charge on any atom is 0.264 e. The van der Waals surface area contributed by atoms with Crippen molar-refractivity contribution in [1.29, 1.82) is 5.26 Å². The molecule has 4 aromatic carbocycles. The molecule has 0 aliphatic carbocycles. The molecule has 0 aliphatic heterocycles. The summed E-state index contributed by atoms with van der Waals surface area (Å²) in [5, 5.41) is 11.8. The molecular formula is C28H23N3O4S. The Morgan fingerprint density at radius 1 is 0.917 bits per heavy atom. The number of carbonyl (C=O) groups is 1. The summed E-state index contributed by atoms with van der Waals surface area (Å²) in [7, 11) is -2.50. The van der Waals surface area contributed by atoms with Crippen LogP contribution in [0.5, 0.6) is 5.75 Å². The van der Waals surface area contributed by atoms with Crippen LogP contribution in [0.2, 0.25) is 0 Å². The minimum Gasteiger partial charge on any atom is -0.497 e. The van der Waals surface area contributed by atoms with Crippen LogP contribution in [0.3, 0.4) is 0 Å². The van der Waals surface area contributed by atoms with Crippen LogP contribution >= 0.6 is 0 Å². The first-order valence-corrected chi connectivity index (χ1v) is 12.5. The standard InChI is InChI=1S/C28H23N3O4S/c1-35-26-15-13-25(14-16-26)31(20-21-7-3-2-4-8-21)36(33,34)27-12-6-10-23(18-27)28(32)30-24-11-5-9-22(17-24)19-29/h2-18H,20H2,1H3,(H,30,32). The van der Waals surface area contributed by atoms with E-state index in [0.717, 1.165) is 5.56 Å². The Hall–Kier alpha value is -4.61. The van der Waals surface area contributed by atoms with Gasteiger partial charge in [-0.25, -0.2) is 8.42 Å². The number of benzene rings is 4. The molecule has 8 heteroatoms. The van der Waals surface area contributed by atoms with Crippen LogP contribution < -0.4 is 14.4 Å². The van der Waals surface area contributed by atoms with Crippen LogP contribution in [-0.4, -0.2) is 21.4 Å². The number of rotatable bonds is 8. The monoisotopic (exact) mass is 497 g/mol. The maximum atomic E-state index is 13.8. The summed E-state index contributed by atoms with van der Waals surface area (Å²) in [4.78, 5) is 12.9. The van der Waals surface area contributed by atoms with Crippen molar-refractivity contribution >= 4 is 27.3 Å². The minimum absolute atomic E-state index is 0.0207. The Morgan fingerprint density at radius 3 is 2.33 bits per heavy atom. The van der Waals surface area contributed by atoms with E-state index in [-0.39, 0.29) is 17.0 Å². The molecule has 0 saturated heterocycles. The lowest BCUT2D eigenvalue weighted by Crippen LogP contribution is -2.30. The van der Waals surface area contributed by atoms with E-state index in [1.165, 1.54) is 28.6 Å². The quantitative estimate of drug-likeness (QED) is 0.360. The van der Waals surface area contributed by atoms with Gasteiger partial charge in [-0.2, -0.15) is 5.26 Å². The second kappa shape index (κ2) is 10.8. The zero-order chi connectivity index (χ0) is 25.5. The highest BCUT2D eigenvalue weighted by molar-refractivity contribution is 7.92. The molecule has 0 unspecified atom stereocenters. The molecule has 0 spiro atoms. The number of hydrogen-bond acceptors (Lipinski definition) is 5. The molecule has 0 fully saturated rings. The van der Waals surface area contributed by atoms with E-state index in [9.17, 15) is 13.2 Å². The predicted molar refractivity (Wildman–Crippen MR) is 138 cm³/mol. The molecule has 1 amide bonds. The predicted octanol–water partition coefficient (Wildman–Crippen LogP) is 5.21. The van der Waals surface area contributed by atoms with E-state index >= 15 is 0 Å². The first-order chi connectivity index (χ1) is 17.4. The number of nitrogens with one attached hydrogen (secondary N) is 1. The van der Waals surface area contributed by atoms with Gasteiger partial charge in [0.05, 0.1) is 35.9 Å². The Kier molecular flexibility index (Phi) is 7.33. The molecule has 0 radical (unpaired) electrons. The van der Waals surface area contributed by atoms with Crippen molar-refractivity contribution in [2.75, 3.05) is 16.7 Å². The Bertz CT molecular complexity index is 1510. The van der Waals surface area contributed by atoms with E-state index in [1.807, 2.05) is 36.4 Å². The lowest BCUT2D eigenvalue weighted by atomic mass is 10.2. The summed E-state index contributed by atoms with van der Waals surface area (Å²) in [6.45, 7) is 0.104. The maximum absolute atomic E-state index is 13.8. The minimum atomic E-state index is -4.04. The van der Waals surface area contributed by atoms with Crippen LogP contribution in [0.25, 0.3) is 0 Å². The van der Waals surface area contributed by atoms with Gasteiger partial charge in [0.2, 0.25) is 0 Å². The highest BCUT2D eigenvalue weighted by atomic mass is 32.2. The van der Waals surface area contributed by atoms with Gasteiger partial charge in [0.25, 0.3) is 15.9 Å². The molecule has 0 bridgehead atoms. The third kappa shape index (κ3) is 5.54. The third-order valence-electron chi connectivity index (χ3n) is 5.46. The van der Waals surface area contributed by atoms with Gasteiger partial charge in [-0.1, -0.05) is 42.5 Å². The van der Waals surface area contributed by atoms with Crippen LogP contribution in [0.15, 0.2) is 108 Å². The fraction of sp³-hybridized carbons (Fsp3) is 0.0714. The molecule has 0 atom stereocenters. The molecule has 4 rings (SSSR count). The van der Waals surface area contributed by atoms with Gasteiger partial charge in [0.15, 0.2) is 0 Å². The number of anilines is 2. The Balaban J connectivity index is 1.68. The molecule has 7 nitrogen and oxygen atoms in total. The summed E-state index contributed by atoms with van der Waals surface area (Å²) in [5.41, 5.74) is 2.29. The van der Waals surface area contributed by atoms with Crippen molar-refractivity contribution in [1.82, 2.24) is 0 Å². The largest absolute Gasteiger partial charge is 0.497 e. The van der Waals surface area contributed by atoms with Crippen LogP contribution in [-0.2, 0) is 16.6 Å². The van der Waals surface area contributed by atoms with Crippen molar-refractivity contribution in [3.8, 4) is 11.8 Å². The average Bonchev–Trinajstić information content (AvgIpc) is 2.92. The number of sulfonamides is 1. The first kappa shape index (κ1) is 24.5. The number of methoxy groups -OCH3 is 1. The van der Waals surface area contributed by atoms with Crippen molar-refractivity contribution < 1.29 is 17.9 Å².